The van der Waals surface area contributed by atoms with Crippen molar-refractivity contribution in [2.45, 2.75) is 26.8 Å². The van der Waals surface area contributed by atoms with Gasteiger partial charge < -0.3 is 15.1 Å². The number of likely N-dealkylation sites (N-methyl/N-ethyl adjacent to an activating group) is 1. The molecule has 2 aromatic rings. The second kappa shape index (κ2) is 8.69. The Morgan fingerprint density at radius 2 is 1.43 bits per heavy atom. The summed E-state index contributed by atoms with van der Waals surface area (Å²) in [5.41, 5.74) is 3.40. The van der Waals surface area contributed by atoms with E-state index < -0.39 is 11.8 Å². The van der Waals surface area contributed by atoms with Crippen molar-refractivity contribution in [1.29, 1.82) is 0 Å². The van der Waals surface area contributed by atoms with Crippen LogP contribution in [0.1, 0.15) is 35.3 Å². The molecule has 0 aliphatic carbocycles. The molecule has 0 aromatic heterocycles. The van der Waals surface area contributed by atoms with Gasteiger partial charge in [-0.3, -0.25) is 14.4 Å². The summed E-state index contributed by atoms with van der Waals surface area (Å²) in [6.07, 6.45) is 0.956. The Balaban J connectivity index is 1.60. The number of benzene rings is 2. The molecule has 1 fully saturated rings. The first-order valence-corrected chi connectivity index (χ1v) is 9.59. The van der Waals surface area contributed by atoms with Crippen molar-refractivity contribution in [2.75, 3.05) is 25.0 Å². The number of piperazine rings is 1. The van der Waals surface area contributed by atoms with Crippen LogP contribution in [0, 0.1) is 0 Å². The molecular weight excluding hydrogens is 354 g/mol. The van der Waals surface area contributed by atoms with Crippen molar-refractivity contribution in [2.24, 2.45) is 0 Å². The fourth-order valence-electron chi connectivity index (χ4n) is 3.18. The van der Waals surface area contributed by atoms with Crippen molar-refractivity contribution < 1.29 is 14.4 Å². The Hall–Kier alpha value is -3.15. The van der Waals surface area contributed by atoms with E-state index in [-0.39, 0.29) is 5.91 Å². The fraction of sp³-hybridized carbons (Fsp3) is 0.318. The molecule has 2 aromatic carbocycles. The van der Waals surface area contributed by atoms with E-state index in [4.69, 9.17) is 0 Å². The van der Waals surface area contributed by atoms with E-state index in [9.17, 15) is 14.4 Å². The zero-order chi connectivity index (χ0) is 20.1. The monoisotopic (exact) mass is 379 g/mol. The molecule has 1 aliphatic heterocycles. The number of nitrogens with one attached hydrogen (secondary N) is 1. The zero-order valence-electron chi connectivity index (χ0n) is 16.3. The van der Waals surface area contributed by atoms with E-state index in [2.05, 4.69) is 12.2 Å². The van der Waals surface area contributed by atoms with Crippen molar-refractivity contribution in [3.8, 4) is 0 Å². The minimum absolute atomic E-state index is 0.182. The van der Waals surface area contributed by atoms with Gasteiger partial charge >= 0.3 is 11.8 Å². The highest BCUT2D eigenvalue weighted by Gasteiger charge is 2.31. The lowest BCUT2D eigenvalue weighted by Gasteiger charge is -2.33. The molecule has 1 saturated heterocycles. The summed E-state index contributed by atoms with van der Waals surface area (Å²) in [4.78, 5) is 39.7. The molecule has 0 saturated carbocycles. The molecule has 1 heterocycles. The van der Waals surface area contributed by atoms with Crippen LogP contribution in [-0.2, 0) is 22.6 Å². The third-order valence-corrected chi connectivity index (χ3v) is 4.99. The molecule has 6 heteroatoms. The lowest BCUT2D eigenvalue weighted by Crippen LogP contribution is -2.53. The number of anilines is 1. The van der Waals surface area contributed by atoms with Gasteiger partial charge in [0.15, 0.2) is 0 Å². The summed E-state index contributed by atoms with van der Waals surface area (Å²) in [5.74, 6) is -1.09. The number of carbonyl (C=O) groups is 3. The first-order valence-electron chi connectivity index (χ1n) is 9.59. The third-order valence-electron chi connectivity index (χ3n) is 4.99. The number of carbonyl (C=O) groups excluding carboxylic acids is 3. The predicted octanol–water partition coefficient (Wildman–Crippen LogP) is 2.69. The Morgan fingerprint density at radius 1 is 0.857 bits per heavy atom. The quantitative estimate of drug-likeness (QED) is 0.785. The van der Waals surface area contributed by atoms with Gasteiger partial charge in [-0.25, -0.2) is 0 Å². The number of rotatable bonds is 6. The maximum absolute atomic E-state index is 12.4. The molecule has 0 atom stereocenters. The molecule has 146 valence electrons. The molecule has 1 N–H and O–H groups in total. The van der Waals surface area contributed by atoms with E-state index in [1.54, 1.807) is 21.9 Å². The maximum Gasteiger partial charge on any atom is 0.312 e. The SMILES string of the molecule is CCc1ccc(NC(=O)c2ccc(CN3CCN(CC)C(=O)C3=O)cc2)cc1. The predicted molar refractivity (Wildman–Crippen MR) is 108 cm³/mol. The standard InChI is InChI=1S/C22H25N3O3/c1-3-16-7-11-19(12-8-16)23-20(26)18-9-5-17(6-10-18)15-25-14-13-24(4-2)21(27)22(25)28/h5-12H,3-4,13-15H2,1-2H3,(H,23,26). The van der Waals surface area contributed by atoms with Crippen LogP contribution in [0.5, 0.6) is 0 Å². The van der Waals surface area contributed by atoms with E-state index in [0.29, 0.717) is 31.7 Å². The van der Waals surface area contributed by atoms with Crippen molar-refractivity contribution in [3.63, 3.8) is 0 Å². The van der Waals surface area contributed by atoms with Gasteiger partial charge in [-0.1, -0.05) is 31.2 Å². The molecule has 0 radical (unpaired) electrons. The normalized spacial score (nSPS) is 14.4. The van der Waals surface area contributed by atoms with Crippen LogP contribution < -0.4 is 5.32 Å². The van der Waals surface area contributed by atoms with Gasteiger partial charge in [-0.05, 0) is 48.7 Å². The first-order chi connectivity index (χ1) is 13.5. The zero-order valence-corrected chi connectivity index (χ0v) is 16.3. The van der Waals surface area contributed by atoms with Crippen LogP contribution in [-0.4, -0.2) is 47.2 Å². The van der Waals surface area contributed by atoms with Crippen molar-refractivity contribution in [1.82, 2.24) is 9.80 Å². The van der Waals surface area contributed by atoms with Crippen LogP contribution in [0.15, 0.2) is 48.5 Å². The number of amides is 3. The highest BCUT2D eigenvalue weighted by molar-refractivity contribution is 6.35. The maximum atomic E-state index is 12.4. The van der Waals surface area contributed by atoms with Crippen molar-refractivity contribution >= 4 is 23.4 Å². The molecule has 6 nitrogen and oxygen atoms in total. The van der Waals surface area contributed by atoms with Gasteiger partial charge in [-0.2, -0.15) is 0 Å². The smallest absolute Gasteiger partial charge is 0.312 e. The van der Waals surface area contributed by atoms with Crippen LogP contribution in [0.25, 0.3) is 0 Å². The van der Waals surface area contributed by atoms with E-state index in [1.165, 1.54) is 5.56 Å². The van der Waals surface area contributed by atoms with Crippen LogP contribution >= 0.6 is 0 Å². The number of hydrogen-bond acceptors (Lipinski definition) is 3. The Morgan fingerprint density at radius 3 is 2.04 bits per heavy atom. The molecular formula is C22H25N3O3. The summed E-state index contributed by atoms with van der Waals surface area (Å²) < 4.78 is 0. The van der Waals surface area contributed by atoms with E-state index >= 15 is 0 Å². The molecule has 3 amide bonds. The fourth-order valence-corrected chi connectivity index (χ4v) is 3.18. The first kappa shape index (κ1) is 19.6. The van der Waals surface area contributed by atoms with Gasteiger partial charge in [0.1, 0.15) is 0 Å². The lowest BCUT2D eigenvalue weighted by atomic mass is 10.1. The second-order valence-electron chi connectivity index (χ2n) is 6.81. The lowest BCUT2D eigenvalue weighted by molar-refractivity contribution is -0.156. The van der Waals surface area contributed by atoms with Gasteiger partial charge in [-0.15, -0.1) is 0 Å². The van der Waals surface area contributed by atoms with Crippen LogP contribution in [0.4, 0.5) is 5.69 Å². The Kier molecular flexibility index (Phi) is 6.09. The average molecular weight is 379 g/mol. The second-order valence-corrected chi connectivity index (χ2v) is 6.81. The molecule has 0 spiro atoms. The third kappa shape index (κ3) is 4.39. The summed E-state index contributed by atoms with van der Waals surface area (Å²) in [5, 5.41) is 2.88. The van der Waals surface area contributed by atoms with E-state index in [1.807, 2.05) is 43.3 Å². The summed E-state index contributed by atoms with van der Waals surface area (Å²) in [6, 6.07) is 14.9. The summed E-state index contributed by atoms with van der Waals surface area (Å²) in [6.45, 7) is 5.93. The highest BCUT2D eigenvalue weighted by Crippen LogP contribution is 2.14. The summed E-state index contributed by atoms with van der Waals surface area (Å²) in [7, 11) is 0. The summed E-state index contributed by atoms with van der Waals surface area (Å²) >= 11 is 0. The average Bonchev–Trinajstić information content (AvgIpc) is 2.72. The molecule has 0 unspecified atom stereocenters. The van der Waals surface area contributed by atoms with E-state index in [0.717, 1.165) is 17.7 Å². The molecule has 1 aliphatic rings. The molecule has 28 heavy (non-hydrogen) atoms. The number of nitrogens with zero attached hydrogens (tertiary/aromatic N) is 2. The van der Waals surface area contributed by atoms with Gasteiger partial charge in [0.2, 0.25) is 0 Å². The Labute approximate surface area is 165 Å². The van der Waals surface area contributed by atoms with Crippen LogP contribution in [0.3, 0.4) is 0 Å². The van der Waals surface area contributed by atoms with Gasteiger partial charge in [0.05, 0.1) is 0 Å². The highest BCUT2D eigenvalue weighted by atomic mass is 16.2. The number of hydrogen-bond donors (Lipinski definition) is 1. The van der Waals surface area contributed by atoms with Gasteiger partial charge in [0.25, 0.3) is 5.91 Å². The minimum Gasteiger partial charge on any atom is -0.333 e. The van der Waals surface area contributed by atoms with Gasteiger partial charge in [0, 0.05) is 37.4 Å². The van der Waals surface area contributed by atoms with Crippen molar-refractivity contribution in [3.05, 3.63) is 65.2 Å². The molecule has 3 rings (SSSR count). The largest absolute Gasteiger partial charge is 0.333 e. The number of aryl methyl sites for hydroxylation is 1. The van der Waals surface area contributed by atoms with Crippen LogP contribution in [0.2, 0.25) is 0 Å². The Bertz CT molecular complexity index is 860. The minimum atomic E-state index is -0.467. The topological polar surface area (TPSA) is 69.7 Å². The molecule has 0 bridgehead atoms.